The molecule has 0 aromatic carbocycles. The maximum Gasteiger partial charge on any atom is 0.358 e. The second-order valence-electron chi connectivity index (χ2n) is 4.60. The van der Waals surface area contributed by atoms with Crippen LogP contribution in [0.1, 0.15) is 10.5 Å². The fourth-order valence-corrected chi connectivity index (χ4v) is 2.35. The zero-order valence-corrected chi connectivity index (χ0v) is 11.0. The minimum Gasteiger partial charge on any atom is -0.501 e. The molecule has 3 heterocycles. The van der Waals surface area contributed by atoms with E-state index in [1.165, 1.54) is 10.5 Å². The number of carbonyl (C=O) groups is 1. The summed E-state index contributed by atoms with van der Waals surface area (Å²) in [5.41, 5.74) is -1.25. The van der Waals surface area contributed by atoms with Gasteiger partial charge in [-0.1, -0.05) is 6.07 Å². The number of fused-ring (bicyclic) bond motifs is 1. The summed E-state index contributed by atoms with van der Waals surface area (Å²) < 4.78 is 6.48. The molecule has 2 aromatic rings. The van der Waals surface area contributed by atoms with Crippen LogP contribution in [0.3, 0.4) is 0 Å². The summed E-state index contributed by atoms with van der Waals surface area (Å²) in [5.74, 6) is -1.75. The van der Waals surface area contributed by atoms with Crippen molar-refractivity contribution >= 4 is 17.4 Å². The maximum absolute atomic E-state index is 12.3. The van der Waals surface area contributed by atoms with E-state index < -0.39 is 23.0 Å². The molecular formula is C13H13N3O5. The first-order valence-corrected chi connectivity index (χ1v) is 6.40. The third-order valence-corrected chi connectivity index (χ3v) is 3.34. The van der Waals surface area contributed by atoms with Crippen LogP contribution in [0.25, 0.3) is 5.65 Å². The SMILES string of the molecule is O=C(O)c1nc2cccc(N3CCOCC3)n2c(=O)c1O. The van der Waals surface area contributed by atoms with Gasteiger partial charge in [0.1, 0.15) is 11.5 Å². The summed E-state index contributed by atoms with van der Waals surface area (Å²) in [6.07, 6.45) is 0. The summed E-state index contributed by atoms with van der Waals surface area (Å²) >= 11 is 0. The number of nitrogens with zero attached hydrogens (tertiary/aromatic N) is 3. The number of anilines is 1. The van der Waals surface area contributed by atoms with Crippen molar-refractivity contribution in [3.05, 3.63) is 34.2 Å². The molecule has 0 aliphatic carbocycles. The first kappa shape index (κ1) is 13.4. The van der Waals surface area contributed by atoms with Gasteiger partial charge in [0.2, 0.25) is 5.75 Å². The number of aromatic nitrogens is 2. The highest BCUT2D eigenvalue weighted by Gasteiger charge is 2.21. The zero-order valence-electron chi connectivity index (χ0n) is 11.0. The molecule has 2 aromatic heterocycles. The number of ether oxygens (including phenoxy) is 1. The molecule has 0 spiro atoms. The number of hydrogen-bond acceptors (Lipinski definition) is 6. The molecule has 110 valence electrons. The molecule has 1 saturated heterocycles. The summed E-state index contributed by atoms with van der Waals surface area (Å²) in [6, 6.07) is 4.94. The highest BCUT2D eigenvalue weighted by Crippen LogP contribution is 2.18. The predicted octanol–water partition coefficient (Wildman–Crippen LogP) is -0.0651. The Bertz CT molecular complexity index is 764. The van der Waals surface area contributed by atoms with Gasteiger partial charge in [-0.2, -0.15) is 0 Å². The Kier molecular flexibility index (Phi) is 3.22. The largest absolute Gasteiger partial charge is 0.501 e. The van der Waals surface area contributed by atoms with Crippen molar-refractivity contribution in [2.45, 2.75) is 0 Å². The minimum absolute atomic E-state index is 0.180. The molecule has 21 heavy (non-hydrogen) atoms. The predicted molar refractivity (Wildman–Crippen MR) is 73.1 cm³/mol. The maximum atomic E-state index is 12.3. The molecule has 0 bridgehead atoms. The molecule has 0 radical (unpaired) electrons. The zero-order chi connectivity index (χ0) is 15.0. The quantitative estimate of drug-likeness (QED) is 0.798. The van der Waals surface area contributed by atoms with Crippen molar-refractivity contribution in [1.82, 2.24) is 9.38 Å². The molecule has 2 N–H and O–H groups in total. The van der Waals surface area contributed by atoms with E-state index in [9.17, 15) is 14.7 Å². The molecule has 0 unspecified atom stereocenters. The Morgan fingerprint density at radius 3 is 2.67 bits per heavy atom. The fourth-order valence-electron chi connectivity index (χ4n) is 2.35. The Hall–Kier alpha value is -2.61. The number of hydrogen-bond donors (Lipinski definition) is 2. The number of morpholine rings is 1. The van der Waals surface area contributed by atoms with Crippen LogP contribution in [0.15, 0.2) is 23.0 Å². The van der Waals surface area contributed by atoms with Gasteiger partial charge in [-0.25, -0.2) is 14.2 Å². The van der Waals surface area contributed by atoms with Crippen LogP contribution in [0.4, 0.5) is 5.82 Å². The Morgan fingerprint density at radius 1 is 1.29 bits per heavy atom. The van der Waals surface area contributed by atoms with Crippen molar-refractivity contribution in [2.75, 3.05) is 31.2 Å². The van der Waals surface area contributed by atoms with E-state index in [1.807, 2.05) is 4.90 Å². The Morgan fingerprint density at radius 2 is 2.00 bits per heavy atom. The second-order valence-corrected chi connectivity index (χ2v) is 4.60. The van der Waals surface area contributed by atoms with Crippen LogP contribution in [-0.2, 0) is 4.74 Å². The van der Waals surface area contributed by atoms with Gasteiger partial charge in [-0.3, -0.25) is 4.79 Å². The Labute approximate surface area is 118 Å². The van der Waals surface area contributed by atoms with E-state index >= 15 is 0 Å². The van der Waals surface area contributed by atoms with Gasteiger partial charge in [0.25, 0.3) is 0 Å². The number of carboxylic acids is 1. The summed E-state index contributed by atoms with van der Waals surface area (Å²) in [4.78, 5) is 29.1. The smallest absolute Gasteiger partial charge is 0.358 e. The van der Waals surface area contributed by atoms with E-state index in [2.05, 4.69) is 4.98 Å². The van der Waals surface area contributed by atoms with E-state index in [4.69, 9.17) is 9.84 Å². The highest BCUT2D eigenvalue weighted by molar-refractivity contribution is 5.89. The van der Waals surface area contributed by atoms with Crippen molar-refractivity contribution in [1.29, 1.82) is 0 Å². The lowest BCUT2D eigenvalue weighted by atomic mass is 10.3. The highest BCUT2D eigenvalue weighted by atomic mass is 16.5. The molecule has 8 heteroatoms. The number of rotatable bonds is 2. The normalized spacial score (nSPS) is 15.3. The molecule has 8 nitrogen and oxygen atoms in total. The van der Waals surface area contributed by atoms with Crippen LogP contribution in [0.5, 0.6) is 5.75 Å². The lowest BCUT2D eigenvalue weighted by molar-refractivity contribution is 0.0686. The van der Waals surface area contributed by atoms with Gasteiger partial charge in [0, 0.05) is 13.1 Å². The molecular weight excluding hydrogens is 278 g/mol. The minimum atomic E-state index is -1.44. The fraction of sp³-hybridized carbons (Fsp3) is 0.308. The number of aromatic hydroxyl groups is 1. The van der Waals surface area contributed by atoms with Gasteiger partial charge < -0.3 is 19.8 Å². The van der Waals surface area contributed by atoms with Crippen LogP contribution in [-0.4, -0.2) is 51.9 Å². The third-order valence-electron chi connectivity index (χ3n) is 3.34. The molecule has 0 amide bonds. The van der Waals surface area contributed by atoms with Crippen LogP contribution in [0.2, 0.25) is 0 Å². The molecule has 0 atom stereocenters. The molecule has 0 saturated carbocycles. The van der Waals surface area contributed by atoms with E-state index in [1.54, 1.807) is 12.1 Å². The lowest BCUT2D eigenvalue weighted by Crippen LogP contribution is -2.38. The molecule has 1 fully saturated rings. The summed E-state index contributed by atoms with van der Waals surface area (Å²) in [7, 11) is 0. The Balaban J connectivity index is 2.25. The summed E-state index contributed by atoms with van der Waals surface area (Å²) in [6.45, 7) is 2.29. The van der Waals surface area contributed by atoms with Crippen molar-refractivity contribution < 1.29 is 19.7 Å². The number of carboxylic acid groups (broad SMARTS) is 1. The average Bonchev–Trinajstić information content (AvgIpc) is 2.50. The standard InChI is InChI=1S/C13H13N3O5/c17-11-10(13(19)20)14-8-2-1-3-9(16(8)12(11)18)15-4-6-21-7-5-15/h1-3,17H,4-7H2,(H,19,20). The van der Waals surface area contributed by atoms with Gasteiger partial charge in [-0.05, 0) is 12.1 Å². The van der Waals surface area contributed by atoms with E-state index in [-0.39, 0.29) is 5.65 Å². The first-order valence-electron chi connectivity index (χ1n) is 6.40. The van der Waals surface area contributed by atoms with Crippen molar-refractivity contribution in [3.8, 4) is 5.75 Å². The summed E-state index contributed by atoms with van der Waals surface area (Å²) in [5, 5.41) is 18.7. The van der Waals surface area contributed by atoms with Crippen LogP contribution >= 0.6 is 0 Å². The second kappa shape index (κ2) is 5.06. The topological polar surface area (TPSA) is 104 Å². The number of pyridine rings is 1. The molecule has 1 aliphatic rings. The van der Waals surface area contributed by atoms with E-state index in [0.717, 1.165) is 0 Å². The van der Waals surface area contributed by atoms with Crippen molar-refractivity contribution in [3.63, 3.8) is 0 Å². The monoisotopic (exact) mass is 291 g/mol. The molecule has 1 aliphatic heterocycles. The lowest BCUT2D eigenvalue weighted by Gasteiger charge is -2.29. The van der Waals surface area contributed by atoms with Gasteiger partial charge in [0.05, 0.1) is 13.2 Å². The van der Waals surface area contributed by atoms with E-state index in [0.29, 0.717) is 32.1 Å². The van der Waals surface area contributed by atoms with Crippen LogP contribution < -0.4 is 10.5 Å². The van der Waals surface area contributed by atoms with Crippen LogP contribution in [0, 0.1) is 0 Å². The van der Waals surface area contributed by atoms with Gasteiger partial charge >= 0.3 is 11.5 Å². The van der Waals surface area contributed by atoms with Gasteiger partial charge in [0.15, 0.2) is 5.69 Å². The molecule has 3 rings (SSSR count). The van der Waals surface area contributed by atoms with Gasteiger partial charge in [-0.15, -0.1) is 0 Å². The average molecular weight is 291 g/mol. The third kappa shape index (κ3) is 2.19. The number of aromatic carboxylic acids is 1. The first-order chi connectivity index (χ1) is 10.1. The van der Waals surface area contributed by atoms with Crippen molar-refractivity contribution in [2.24, 2.45) is 0 Å².